The molecule has 0 saturated carbocycles. The van der Waals surface area contributed by atoms with Crippen LogP contribution in [0.25, 0.3) is 0 Å². The molecule has 0 heterocycles. The Kier molecular flexibility index (Phi) is 66.3. The van der Waals surface area contributed by atoms with Gasteiger partial charge < -0.3 is 14.2 Å². The third-order valence-corrected chi connectivity index (χ3v) is 14.6. The van der Waals surface area contributed by atoms with Gasteiger partial charge in [-0.2, -0.15) is 0 Å². The van der Waals surface area contributed by atoms with Crippen molar-refractivity contribution in [1.82, 2.24) is 0 Å². The maximum absolute atomic E-state index is 13.0. The third kappa shape index (κ3) is 68.2. The maximum Gasteiger partial charge on any atom is 0.306 e. The monoisotopic (exact) mass is 1150 g/mol. The summed E-state index contributed by atoms with van der Waals surface area (Å²) in [7, 11) is 0. The minimum Gasteiger partial charge on any atom is -0.462 e. The molecular formula is C77H128O6. The molecule has 0 N–H and O–H groups in total. The zero-order valence-corrected chi connectivity index (χ0v) is 54.2. The summed E-state index contributed by atoms with van der Waals surface area (Å²) in [6.07, 6.45) is 99.0. The van der Waals surface area contributed by atoms with Gasteiger partial charge in [0.2, 0.25) is 0 Å². The van der Waals surface area contributed by atoms with Crippen molar-refractivity contribution in [2.75, 3.05) is 13.2 Å². The minimum atomic E-state index is -0.810. The molecule has 6 nitrogen and oxygen atoms in total. The highest BCUT2D eigenvalue weighted by Crippen LogP contribution is 2.16. The first-order valence-corrected chi connectivity index (χ1v) is 34.7. The normalized spacial score (nSPS) is 13.0. The van der Waals surface area contributed by atoms with Gasteiger partial charge in [0, 0.05) is 19.3 Å². The van der Waals surface area contributed by atoms with E-state index < -0.39 is 6.10 Å². The molecule has 1 atom stereocenters. The number of hydrogen-bond donors (Lipinski definition) is 0. The van der Waals surface area contributed by atoms with Gasteiger partial charge in [-0.15, -0.1) is 0 Å². The molecule has 0 radical (unpaired) electrons. The molecule has 0 spiro atoms. The van der Waals surface area contributed by atoms with E-state index in [0.717, 1.165) is 109 Å². The molecular weight excluding hydrogens is 1020 g/mol. The summed E-state index contributed by atoms with van der Waals surface area (Å²) < 4.78 is 16.9. The van der Waals surface area contributed by atoms with Crippen molar-refractivity contribution in [3.8, 4) is 0 Å². The van der Waals surface area contributed by atoms with E-state index in [1.807, 2.05) is 0 Å². The quantitative estimate of drug-likeness (QED) is 0.0261. The summed E-state index contributed by atoms with van der Waals surface area (Å²) >= 11 is 0. The lowest BCUT2D eigenvalue weighted by Crippen LogP contribution is -2.30. The first-order chi connectivity index (χ1) is 41.0. The largest absolute Gasteiger partial charge is 0.462 e. The van der Waals surface area contributed by atoms with Crippen molar-refractivity contribution in [3.63, 3.8) is 0 Å². The van der Waals surface area contributed by atoms with Crippen LogP contribution >= 0.6 is 0 Å². The lowest BCUT2D eigenvalue weighted by molar-refractivity contribution is -0.167. The van der Waals surface area contributed by atoms with Crippen molar-refractivity contribution in [3.05, 3.63) is 134 Å². The van der Waals surface area contributed by atoms with Crippen LogP contribution in [0.4, 0.5) is 0 Å². The highest BCUT2D eigenvalue weighted by molar-refractivity contribution is 5.71. The van der Waals surface area contributed by atoms with Crippen molar-refractivity contribution in [1.29, 1.82) is 0 Å². The van der Waals surface area contributed by atoms with Crippen LogP contribution in [0.2, 0.25) is 0 Å². The van der Waals surface area contributed by atoms with E-state index in [1.54, 1.807) is 0 Å². The highest BCUT2D eigenvalue weighted by Gasteiger charge is 2.19. The maximum atomic E-state index is 13.0. The van der Waals surface area contributed by atoms with E-state index in [9.17, 15) is 14.4 Å². The Morgan fingerprint density at radius 1 is 0.253 bits per heavy atom. The zero-order valence-electron chi connectivity index (χ0n) is 54.2. The Morgan fingerprint density at radius 3 is 0.795 bits per heavy atom. The number of ether oxygens (including phenoxy) is 3. The summed E-state index contributed by atoms with van der Waals surface area (Å²) in [5.74, 6) is -0.958. The topological polar surface area (TPSA) is 78.9 Å². The summed E-state index contributed by atoms with van der Waals surface area (Å²) in [6, 6.07) is 0. The number of hydrogen-bond acceptors (Lipinski definition) is 6. The molecule has 83 heavy (non-hydrogen) atoms. The van der Waals surface area contributed by atoms with Gasteiger partial charge in [-0.1, -0.05) is 302 Å². The lowest BCUT2D eigenvalue weighted by Gasteiger charge is -2.18. The van der Waals surface area contributed by atoms with Crippen LogP contribution in [0.5, 0.6) is 0 Å². The second kappa shape index (κ2) is 70.0. The minimum absolute atomic E-state index is 0.100. The number of allylic oxidation sites excluding steroid dienone is 22. The van der Waals surface area contributed by atoms with E-state index in [-0.39, 0.29) is 37.5 Å². The summed E-state index contributed by atoms with van der Waals surface area (Å²) in [5.41, 5.74) is 0. The second-order valence-corrected chi connectivity index (χ2v) is 22.7. The first kappa shape index (κ1) is 78.5. The standard InChI is InChI=1S/C77H128O6/c1-4-7-10-13-16-19-22-25-28-31-33-35-36-37-38-39-40-42-43-46-49-52-55-58-61-64-67-70-76(79)82-73-74(72-81-75(78)69-66-63-60-57-54-51-48-45-30-27-24-21-18-15-12-9-6-3)83-77(80)71-68-65-62-59-56-53-50-47-44-41-34-32-29-26-23-20-17-14-11-8-5-2/h7,9-10,12,16,18-19,21,25,27-28,30,32-35,37-38,48,51,57,60,74H,4-6,8,11,13-15,17,20,22-24,26,29,31,36,39-47,49-50,52-56,58-59,61-73H2,1-3H3/b10-7-,12-9-,19-16-,21-18-,28-25-,30-27-,34-32-,35-33-,38-37-,51-48-,60-57-. The van der Waals surface area contributed by atoms with Gasteiger partial charge in [-0.05, 0) is 128 Å². The Balaban J connectivity index is 4.41. The van der Waals surface area contributed by atoms with Gasteiger partial charge in [0.15, 0.2) is 6.10 Å². The fraction of sp³-hybridized carbons (Fsp3) is 0.675. The van der Waals surface area contributed by atoms with Gasteiger partial charge in [-0.25, -0.2) is 0 Å². The molecule has 0 aliphatic rings. The molecule has 0 aromatic heterocycles. The Morgan fingerprint density at radius 2 is 0.482 bits per heavy atom. The van der Waals surface area contributed by atoms with E-state index in [1.165, 1.54) is 161 Å². The van der Waals surface area contributed by atoms with Gasteiger partial charge >= 0.3 is 17.9 Å². The number of unbranched alkanes of at least 4 members (excludes halogenated alkanes) is 29. The molecule has 0 saturated heterocycles. The predicted molar refractivity (Wildman–Crippen MR) is 362 cm³/mol. The molecule has 0 aliphatic carbocycles. The predicted octanol–water partition coefficient (Wildman–Crippen LogP) is 24.1. The van der Waals surface area contributed by atoms with E-state index in [2.05, 4.69) is 154 Å². The van der Waals surface area contributed by atoms with E-state index in [0.29, 0.717) is 19.3 Å². The number of rotatable bonds is 62. The second-order valence-electron chi connectivity index (χ2n) is 22.7. The highest BCUT2D eigenvalue weighted by atomic mass is 16.6. The average Bonchev–Trinajstić information content (AvgIpc) is 3.49. The SMILES string of the molecule is CC/C=C\C/C=C\C/C=C\C/C=C\C/C=C\CCCCCCCCCCCCCC(=O)OCC(COC(=O)CCC/C=C\C/C=C\C/C=C\C/C=C\C/C=C\CC)OC(=O)CCCCCCCCCCC/C=C\CCCCCCCCCC. The third-order valence-electron chi connectivity index (χ3n) is 14.6. The van der Waals surface area contributed by atoms with Crippen LogP contribution in [0.15, 0.2) is 134 Å². The van der Waals surface area contributed by atoms with Crippen molar-refractivity contribution in [2.45, 2.75) is 322 Å². The van der Waals surface area contributed by atoms with Crippen LogP contribution < -0.4 is 0 Å². The zero-order chi connectivity index (χ0) is 59.9. The number of esters is 3. The van der Waals surface area contributed by atoms with Crippen LogP contribution in [-0.4, -0.2) is 37.2 Å². The molecule has 0 aromatic carbocycles. The van der Waals surface area contributed by atoms with Crippen LogP contribution in [0.1, 0.15) is 316 Å². The molecule has 472 valence electrons. The van der Waals surface area contributed by atoms with Gasteiger partial charge in [0.05, 0.1) is 0 Å². The van der Waals surface area contributed by atoms with Crippen LogP contribution in [0, 0.1) is 0 Å². The number of carbonyl (C=O) groups is 3. The first-order valence-electron chi connectivity index (χ1n) is 34.7. The lowest BCUT2D eigenvalue weighted by atomic mass is 10.0. The average molecular weight is 1150 g/mol. The van der Waals surface area contributed by atoms with E-state index in [4.69, 9.17) is 14.2 Å². The molecule has 1 unspecified atom stereocenters. The van der Waals surface area contributed by atoms with Gasteiger partial charge in [0.1, 0.15) is 13.2 Å². The Bertz CT molecular complexity index is 1750. The molecule has 0 fully saturated rings. The Hall–Kier alpha value is -4.45. The van der Waals surface area contributed by atoms with E-state index >= 15 is 0 Å². The van der Waals surface area contributed by atoms with Crippen molar-refractivity contribution in [2.24, 2.45) is 0 Å². The van der Waals surface area contributed by atoms with Crippen LogP contribution in [-0.2, 0) is 28.6 Å². The molecule has 0 amide bonds. The summed E-state index contributed by atoms with van der Waals surface area (Å²) in [5, 5.41) is 0. The molecule has 6 heteroatoms. The molecule has 0 rings (SSSR count). The molecule has 0 aromatic rings. The van der Waals surface area contributed by atoms with Crippen LogP contribution in [0.3, 0.4) is 0 Å². The fourth-order valence-electron chi connectivity index (χ4n) is 9.50. The number of carbonyl (C=O) groups excluding carboxylic acids is 3. The summed E-state index contributed by atoms with van der Waals surface area (Å²) in [6.45, 7) is 6.39. The Labute approximate surface area is 513 Å². The van der Waals surface area contributed by atoms with Gasteiger partial charge in [0.25, 0.3) is 0 Å². The molecule has 0 bridgehead atoms. The summed E-state index contributed by atoms with van der Waals surface area (Å²) in [4.78, 5) is 38.4. The fourth-order valence-corrected chi connectivity index (χ4v) is 9.50. The molecule has 0 aliphatic heterocycles. The van der Waals surface area contributed by atoms with Crippen molar-refractivity contribution >= 4 is 17.9 Å². The smallest absolute Gasteiger partial charge is 0.306 e. The van der Waals surface area contributed by atoms with Gasteiger partial charge in [-0.3, -0.25) is 14.4 Å². The van der Waals surface area contributed by atoms with Crippen molar-refractivity contribution < 1.29 is 28.6 Å².